The fourth-order valence-electron chi connectivity index (χ4n) is 1.04. The maximum atomic E-state index is 11.6. The number of carbonyl (C=O) groups excluding carboxylic acids is 4. The van der Waals surface area contributed by atoms with Gasteiger partial charge in [-0.3, -0.25) is 9.59 Å². The maximum absolute atomic E-state index is 11.6. The molecule has 0 radical (unpaired) electrons. The first kappa shape index (κ1) is 18.2. The molecule has 1 N–H and O–H groups in total. The molecule has 0 unspecified atom stereocenters. The van der Waals surface area contributed by atoms with Gasteiger partial charge in [0.1, 0.15) is 6.04 Å². The summed E-state index contributed by atoms with van der Waals surface area (Å²) in [5.74, 6) is -1.92. The summed E-state index contributed by atoms with van der Waals surface area (Å²) >= 11 is 0.894. The minimum atomic E-state index is -0.960. The van der Waals surface area contributed by atoms with Gasteiger partial charge >= 0.3 is 11.9 Å². The van der Waals surface area contributed by atoms with Crippen molar-refractivity contribution >= 4 is 34.7 Å². The summed E-state index contributed by atoms with van der Waals surface area (Å²) in [5.41, 5.74) is 0. The van der Waals surface area contributed by atoms with Gasteiger partial charge in [0.2, 0.25) is 5.91 Å². The first-order valence-corrected chi connectivity index (χ1v) is 6.75. The van der Waals surface area contributed by atoms with E-state index in [2.05, 4.69) is 10.1 Å². The van der Waals surface area contributed by atoms with Crippen molar-refractivity contribution in [2.75, 3.05) is 19.5 Å². The predicted octanol–water partition coefficient (Wildman–Crippen LogP) is 0.0432. The SMILES string of the molecule is CCOC(=O)[C@H](CSC(C)=O)NC(=O)/C=C/C(=O)OC. The Morgan fingerprint density at radius 1 is 1.25 bits per heavy atom. The van der Waals surface area contributed by atoms with E-state index in [4.69, 9.17) is 4.74 Å². The van der Waals surface area contributed by atoms with Crippen LogP contribution in [0.3, 0.4) is 0 Å². The van der Waals surface area contributed by atoms with Crippen molar-refractivity contribution < 1.29 is 28.7 Å². The van der Waals surface area contributed by atoms with Crippen LogP contribution < -0.4 is 5.32 Å². The van der Waals surface area contributed by atoms with Gasteiger partial charge in [-0.25, -0.2) is 9.59 Å². The van der Waals surface area contributed by atoms with Crippen LogP contribution in [-0.4, -0.2) is 48.5 Å². The average Bonchev–Trinajstić information content (AvgIpc) is 2.40. The van der Waals surface area contributed by atoms with Crippen LogP contribution in [0.25, 0.3) is 0 Å². The highest BCUT2D eigenvalue weighted by Gasteiger charge is 2.22. The lowest BCUT2D eigenvalue weighted by atomic mass is 10.3. The number of methoxy groups -OCH3 is 1. The summed E-state index contributed by atoms with van der Waals surface area (Å²) in [6, 6.07) is -0.960. The third-order valence-electron chi connectivity index (χ3n) is 1.91. The molecule has 0 bridgehead atoms. The van der Waals surface area contributed by atoms with Crippen molar-refractivity contribution in [1.29, 1.82) is 0 Å². The Bertz CT molecular complexity index is 407. The number of hydrogen-bond donors (Lipinski definition) is 1. The second-order valence-electron chi connectivity index (χ2n) is 3.47. The topological polar surface area (TPSA) is 98.8 Å². The number of esters is 2. The summed E-state index contributed by atoms with van der Waals surface area (Å²) in [6.45, 7) is 3.14. The largest absolute Gasteiger partial charge is 0.466 e. The molecule has 7 nitrogen and oxygen atoms in total. The van der Waals surface area contributed by atoms with Crippen molar-refractivity contribution in [2.24, 2.45) is 0 Å². The summed E-state index contributed by atoms with van der Waals surface area (Å²) in [7, 11) is 1.18. The van der Waals surface area contributed by atoms with Crippen molar-refractivity contribution in [3.63, 3.8) is 0 Å². The number of carbonyl (C=O) groups is 4. The molecule has 0 aliphatic heterocycles. The van der Waals surface area contributed by atoms with Crippen molar-refractivity contribution in [2.45, 2.75) is 19.9 Å². The van der Waals surface area contributed by atoms with Crippen LogP contribution in [0.2, 0.25) is 0 Å². The van der Waals surface area contributed by atoms with Crippen LogP contribution in [0.4, 0.5) is 0 Å². The van der Waals surface area contributed by atoms with Gasteiger partial charge in [-0.1, -0.05) is 11.8 Å². The summed E-state index contributed by atoms with van der Waals surface area (Å²) in [5, 5.41) is 2.17. The highest BCUT2D eigenvalue weighted by Crippen LogP contribution is 2.05. The fraction of sp³-hybridized carbons (Fsp3) is 0.500. The highest BCUT2D eigenvalue weighted by atomic mass is 32.2. The number of rotatable bonds is 7. The summed E-state index contributed by atoms with van der Waals surface area (Å²) in [4.78, 5) is 44.8. The van der Waals surface area contributed by atoms with Crippen molar-refractivity contribution in [1.82, 2.24) is 5.32 Å². The Kier molecular flexibility index (Phi) is 9.10. The zero-order valence-corrected chi connectivity index (χ0v) is 12.3. The second-order valence-corrected chi connectivity index (χ2v) is 4.67. The molecule has 20 heavy (non-hydrogen) atoms. The van der Waals surface area contributed by atoms with Crippen LogP contribution >= 0.6 is 11.8 Å². The smallest absolute Gasteiger partial charge is 0.330 e. The van der Waals surface area contributed by atoms with Gasteiger partial charge in [-0.2, -0.15) is 0 Å². The molecular formula is C12H17NO6S. The summed E-state index contributed by atoms with van der Waals surface area (Å²) < 4.78 is 9.11. The molecule has 0 spiro atoms. The van der Waals surface area contributed by atoms with E-state index in [0.717, 1.165) is 23.9 Å². The Morgan fingerprint density at radius 2 is 1.90 bits per heavy atom. The van der Waals surface area contributed by atoms with Crippen LogP contribution in [-0.2, 0) is 28.7 Å². The van der Waals surface area contributed by atoms with Gasteiger partial charge < -0.3 is 14.8 Å². The van der Waals surface area contributed by atoms with Gasteiger partial charge in [-0.15, -0.1) is 0 Å². The van der Waals surface area contributed by atoms with E-state index in [0.29, 0.717) is 0 Å². The minimum absolute atomic E-state index is 0.0615. The van der Waals surface area contributed by atoms with E-state index in [9.17, 15) is 19.2 Å². The zero-order valence-electron chi connectivity index (χ0n) is 11.5. The molecule has 0 fully saturated rings. The lowest BCUT2D eigenvalue weighted by Gasteiger charge is -2.15. The summed E-state index contributed by atoms with van der Waals surface area (Å²) in [6.07, 6.45) is 1.87. The van der Waals surface area contributed by atoms with Crippen LogP contribution in [0.1, 0.15) is 13.8 Å². The van der Waals surface area contributed by atoms with Crippen LogP contribution in [0, 0.1) is 0 Å². The van der Waals surface area contributed by atoms with Gasteiger partial charge in [-0.05, 0) is 6.92 Å². The lowest BCUT2D eigenvalue weighted by molar-refractivity contribution is -0.146. The number of hydrogen-bond acceptors (Lipinski definition) is 7. The first-order chi connectivity index (χ1) is 9.40. The third kappa shape index (κ3) is 8.30. The van der Waals surface area contributed by atoms with Gasteiger partial charge in [0.25, 0.3) is 0 Å². The Hall–Kier alpha value is -1.83. The molecule has 1 atom stereocenters. The molecule has 0 aliphatic rings. The minimum Gasteiger partial charge on any atom is -0.466 e. The van der Waals surface area contributed by atoms with Gasteiger partial charge in [0.05, 0.1) is 13.7 Å². The molecule has 112 valence electrons. The second kappa shape index (κ2) is 10.0. The molecule has 1 amide bonds. The molecule has 0 saturated heterocycles. The number of ether oxygens (including phenoxy) is 2. The number of nitrogens with one attached hydrogen (secondary N) is 1. The van der Waals surface area contributed by atoms with Gasteiger partial charge in [0.15, 0.2) is 5.12 Å². The van der Waals surface area contributed by atoms with Crippen LogP contribution in [0.15, 0.2) is 12.2 Å². The fourth-order valence-corrected chi connectivity index (χ4v) is 1.66. The predicted molar refractivity (Wildman–Crippen MR) is 72.9 cm³/mol. The Balaban J connectivity index is 4.58. The third-order valence-corrected chi connectivity index (χ3v) is 2.82. The quantitative estimate of drug-likeness (QED) is 0.524. The van der Waals surface area contributed by atoms with Crippen LogP contribution in [0.5, 0.6) is 0 Å². The maximum Gasteiger partial charge on any atom is 0.330 e. The molecule has 0 saturated carbocycles. The van der Waals surface area contributed by atoms with E-state index in [-0.39, 0.29) is 17.5 Å². The lowest BCUT2D eigenvalue weighted by Crippen LogP contribution is -2.43. The molecule has 0 aromatic rings. The Labute approximate surface area is 121 Å². The average molecular weight is 303 g/mol. The van der Waals surface area contributed by atoms with E-state index >= 15 is 0 Å². The first-order valence-electron chi connectivity index (χ1n) is 5.77. The van der Waals surface area contributed by atoms with Crippen molar-refractivity contribution in [3.05, 3.63) is 12.2 Å². The molecule has 0 rings (SSSR count). The molecule has 0 aliphatic carbocycles. The van der Waals surface area contributed by atoms with Gasteiger partial charge in [0, 0.05) is 24.8 Å². The molecular weight excluding hydrogens is 286 g/mol. The standard InChI is InChI=1S/C12H17NO6S/c1-4-19-12(17)9(7-20-8(2)14)13-10(15)5-6-11(16)18-3/h5-6,9H,4,7H2,1-3H3,(H,13,15)/b6-5+/t9-/m0/s1. The van der Waals surface area contributed by atoms with Crippen molar-refractivity contribution in [3.8, 4) is 0 Å². The number of amides is 1. The molecule has 8 heteroatoms. The zero-order chi connectivity index (χ0) is 15.5. The monoisotopic (exact) mass is 303 g/mol. The van der Waals surface area contributed by atoms with E-state index in [1.807, 2.05) is 0 Å². The van der Waals surface area contributed by atoms with E-state index in [1.54, 1.807) is 6.92 Å². The highest BCUT2D eigenvalue weighted by molar-refractivity contribution is 8.13. The van der Waals surface area contributed by atoms with E-state index < -0.39 is 23.9 Å². The molecule has 0 aromatic carbocycles. The Morgan fingerprint density at radius 3 is 2.40 bits per heavy atom. The number of thioether (sulfide) groups is 1. The normalized spacial score (nSPS) is 11.8. The molecule has 0 aromatic heterocycles. The molecule has 0 heterocycles. The van der Waals surface area contributed by atoms with E-state index in [1.165, 1.54) is 14.0 Å².